The zero-order valence-corrected chi connectivity index (χ0v) is 24.1. The van der Waals surface area contributed by atoms with E-state index in [0.29, 0.717) is 11.3 Å². The number of alkyl halides is 3. The maximum atomic E-state index is 15.0. The van der Waals surface area contributed by atoms with Crippen LogP contribution < -0.4 is 15.0 Å². The highest BCUT2D eigenvalue weighted by molar-refractivity contribution is 8.15. The van der Waals surface area contributed by atoms with E-state index in [0.717, 1.165) is 41.1 Å². The molecule has 3 amide bonds. The van der Waals surface area contributed by atoms with Crippen LogP contribution in [0.4, 0.5) is 33.7 Å². The molecule has 1 aromatic heterocycles. The lowest BCUT2D eigenvalue weighted by molar-refractivity contribution is -0.274. The zero-order chi connectivity index (χ0) is 31.6. The number of nitrogens with one attached hydrogen (secondary N) is 1. The predicted octanol–water partition coefficient (Wildman–Crippen LogP) is 7.13. The molecule has 2 heterocycles. The minimum Gasteiger partial charge on any atom is -0.406 e. The third kappa shape index (κ3) is 6.89. The molecule has 5 rings (SSSR count). The number of aryl methyl sites for hydroxylation is 1. The van der Waals surface area contributed by atoms with Gasteiger partial charge < -0.3 is 19.3 Å². The third-order valence-corrected chi connectivity index (χ3v) is 7.33. The number of carbonyl (C=O) groups excluding carboxylic acids is 2. The second kappa shape index (κ2) is 12.5. The van der Waals surface area contributed by atoms with Crippen molar-refractivity contribution in [3.63, 3.8) is 0 Å². The summed E-state index contributed by atoms with van der Waals surface area (Å²) in [6, 6.07) is 13.2. The van der Waals surface area contributed by atoms with Gasteiger partial charge in [0.05, 0.1) is 23.2 Å². The molecule has 1 unspecified atom stereocenters. The molecule has 10 nitrogen and oxygen atoms in total. The topological polar surface area (TPSA) is 119 Å². The van der Waals surface area contributed by atoms with E-state index in [1.807, 2.05) is 26.0 Å². The number of thioether (sulfide) groups is 1. The van der Waals surface area contributed by atoms with Crippen LogP contribution in [0.1, 0.15) is 24.2 Å². The zero-order valence-electron chi connectivity index (χ0n) is 23.3. The van der Waals surface area contributed by atoms with E-state index in [1.165, 1.54) is 29.2 Å². The number of halogens is 4. The summed E-state index contributed by atoms with van der Waals surface area (Å²) in [5, 5.41) is 6.30. The normalized spacial score (nSPS) is 15.1. The first-order valence-electron chi connectivity index (χ1n) is 12.9. The van der Waals surface area contributed by atoms with Crippen LogP contribution in [0.25, 0.3) is 22.8 Å². The van der Waals surface area contributed by atoms with Gasteiger partial charge in [-0.15, -0.1) is 13.2 Å². The van der Waals surface area contributed by atoms with Crippen LogP contribution >= 0.6 is 11.8 Å². The van der Waals surface area contributed by atoms with Gasteiger partial charge in [0.15, 0.2) is 5.17 Å². The van der Waals surface area contributed by atoms with Crippen molar-refractivity contribution in [3.8, 4) is 28.6 Å². The maximum Gasteiger partial charge on any atom is 0.573 e. The lowest BCUT2D eigenvalue weighted by Crippen LogP contribution is -2.31. The van der Waals surface area contributed by atoms with Gasteiger partial charge in [0.2, 0.25) is 11.7 Å². The number of anilines is 2. The summed E-state index contributed by atoms with van der Waals surface area (Å²) in [5.74, 6) is -1.45. The molecule has 228 valence electrons. The number of hydrogen-bond acceptors (Lipinski definition) is 8. The number of aliphatic imine (C=N–C) groups is 1. The molecule has 1 N–H and O–H groups in total. The number of amidine groups is 1. The molecule has 1 aliphatic heterocycles. The quantitative estimate of drug-likeness (QED) is 0.215. The molecule has 1 fully saturated rings. The average molecular weight is 630 g/mol. The molecule has 0 aliphatic carbocycles. The van der Waals surface area contributed by atoms with E-state index >= 15 is 4.39 Å². The summed E-state index contributed by atoms with van der Waals surface area (Å²) in [6.45, 7) is 3.71. The predicted molar refractivity (Wildman–Crippen MR) is 155 cm³/mol. The molecule has 0 saturated carbocycles. The first-order chi connectivity index (χ1) is 20.9. The van der Waals surface area contributed by atoms with Gasteiger partial charge in [-0.2, -0.15) is 9.98 Å². The minimum absolute atomic E-state index is 0.0528. The molecular weight excluding hydrogens is 606 g/mol. The van der Waals surface area contributed by atoms with Crippen molar-refractivity contribution in [2.75, 3.05) is 23.1 Å². The van der Waals surface area contributed by atoms with Gasteiger partial charge >= 0.3 is 12.4 Å². The Morgan fingerprint density at radius 3 is 2.52 bits per heavy atom. The van der Waals surface area contributed by atoms with E-state index in [2.05, 4.69) is 25.2 Å². The Bertz CT molecular complexity index is 1740. The standard InChI is InChI=1S/C29H23F4N5O5S/c1-15-4-10-20(16(2)41-3)23(12-15)38-24(39)14-44-28(38)36-27(40)34-22-11-7-18(13-21(22)30)26-35-25(37-43-26)17-5-8-19(9-6-17)42-29(31,32)33/h4-13,16H,14H2,1-3H3,(H,34,40). The van der Waals surface area contributed by atoms with E-state index in [4.69, 9.17) is 9.26 Å². The van der Waals surface area contributed by atoms with E-state index in [1.54, 1.807) is 13.2 Å². The SMILES string of the molecule is COC(C)c1ccc(C)cc1N1C(=O)CSC1=NC(=O)Nc1ccc(-c2nc(-c3ccc(OC(F)(F)F)cc3)no2)cc1F. The van der Waals surface area contributed by atoms with Crippen LogP contribution in [0.3, 0.4) is 0 Å². The molecule has 1 aliphatic rings. The van der Waals surface area contributed by atoms with Crippen LogP contribution in [-0.2, 0) is 9.53 Å². The van der Waals surface area contributed by atoms with Gasteiger partial charge in [0, 0.05) is 23.8 Å². The Labute approximate surface area is 252 Å². The molecule has 0 radical (unpaired) electrons. The summed E-state index contributed by atoms with van der Waals surface area (Å²) in [6.07, 6.45) is -5.16. The summed E-state index contributed by atoms with van der Waals surface area (Å²) in [7, 11) is 1.55. The molecule has 3 aromatic carbocycles. The number of nitrogens with zero attached hydrogens (tertiary/aromatic N) is 4. The smallest absolute Gasteiger partial charge is 0.406 e. The van der Waals surface area contributed by atoms with Crippen molar-refractivity contribution < 1.29 is 41.1 Å². The van der Waals surface area contributed by atoms with Crippen molar-refractivity contribution >= 4 is 40.2 Å². The number of ether oxygens (including phenoxy) is 2. The number of hydrogen-bond donors (Lipinski definition) is 1. The minimum atomic E-state index is -4.83. The van der Waals surface area contributed by atoms with E-state index < -0.39 is 24.0 Å². The number of methoxy groups -OCH3 is 1. The molecular formula is C29H23F4N5O5S. The highest BCUT2D eigenvalue weighted by atomic mass is 32.2. The number of rotatable bonds is 7. The Morgan fingerprint density at radius 1 is 1.11 bits per heavy atom. The summed E-state index contributed by atoms with van der Waals surface area (Å²) in [4.78, 5) is 35.2. The van der Waals surface area contributed by atoms with Crippen molar-refractivity contribution in [1.82, 2.24) is 10.1 Å². The van der Waals surface area contributed by atoms with Crippen molar-refractivity contribution in [1.29, 1.82) is 0 Å². The van der Waals surface area contributed by atoms with Gasteiger partial charge in [-0.05, 0) is 67.9 Å². The third-order valence-electron chi connectivity index (χ3n) is 6.41. The van der Waals surface area contributed by atoms with Crippen LogP contribution in [0.2, 0.25) is 0 Å². The Balaban J connectivity index is 1.31. The van der Waals surface area contributed by atoms with Crippen LogP contribution in [0.5, 0.6) is 5.75 Å². The highest BCUT2D eigenvalue weighted by Crippen LogP contribution is 2.35. The van der Waals surface area contributed by atoms with Crippen LogP contribution in [0.15, 0.2) is 70.2 Å². The fourth-order valence-corrected chi connectivity index (χ4v) is 5.10. The Hall–Kier alpha value is -4.76. The average Bonchev–Trinajstić information content (AvgIpc) is 3.60. The fraction of sp³-hybridized carbons (Fsp3) is 0.207. The first-order valence-corrected chi connectivity index (χ1v) is 13.9. The maximum absolute atomic E-state index is 15.0. The van der Waals surface area contributed by atoms with E-state index in [-0.39, 0.29) is 45.9 Å². The van der Waals surface area contributed by atoms with Crippen molar-refractivity contribution in [3.05, 3.63) is 77.6 Å². The molecule has 1 saturated heterocycles. The van der Waals surface area contributed by atoms with Crippen molar-refractivity contribution in [2.24, 2.45) is 4.99 Å². The highest BCUT2D eigenvalue weighted by Gasteiger charge is 2.33. The number of amides is 3. The lowest BCUT2D eigenvalue weighted by Gasteiger charge is -2.23. The van der Waals surface area contributed by atoms with Crippen LogP contribution in [-0.4, -0.2) is 46.5 Å². The lowest BCUT2D eigenvalue weighted by atomic mass is 10.0. The second-order valence-corrected chi connectivity index (χ2v) is 10.4. The Kier molecular flexibility index (Phi) is 8.69. The number of benzene rings is 3. The van der Waals surface area contributed by atoms with Gasteiger partial charge in [-0.25, -0.2) is 9.18 Å². The van der Waals surface area contributed by atoms with Crippen LogP contribution in [0, 0.1) is 12.7 Å². The fourth-order valence-electron chi connectivity index (χ4n) is 4.24. The van der Waals surface area contributed by atoms with Gasteiger partial charge in [0.25, 0.3) is 5.89 Å². The first kappa shape index (κ1) is 30.7. The summed E-state index contributed by atoms with van der Waals surface area (Å²) >= 11 is 1.08. The number of urea groups is 1. The number of aromatic nitrogens is 2. The monoisotopic (exact) mass is 629 g/mol. The molecule has 44 heavy (non-hydrogen) atoms. The van der Waals surface area contributed by atoms with Gasteiger partial charge in [-0.3, -0.25) is 9.69 Å². The summed E-state index contributed by atoms with van der Waals surface area (Å²) in [5.41, 5.74) is 2.51. The molecule has 1 atom stereocenters. The van der Waals surface area contributed by atoms with Crippen molar-refractivity contribution in [2.45, 2.75) is 26.3 Å². The van der Waals surface area contributed by atoms with Gasteiger partial charge in [-0.1, -0.05) is 29.1 Å². The molecule has 4 aromatic rings. The molecule has 0 spiro atoms. The molecule has 0 bridgehead atoms. The largest absolute Gasteiger partial charge is 0.573 e. The summed E-state index contributed by atoms with van der Waals surface area (Å²) < 4.78 is 66.7. The number of carbonyl (C=O) groups is 2. The molecule has 15 heteroatoms. The second-order valence-electron chi connectivity index (χ2n) is 9.47. The van der Waals surface area contributed by atoms with Gasteiger partial charge in [0.1, 0.15) is 11.6 Å². The Morgan fingerprint density at radius 2 is 1.84 bits per heavy atom. The van der Waals surface area contributed by atoms with E-state index in [9.17, 15) is 22.8 Å².